The fourth-order valence-electron chi connectivity index (χ4n) is 2.77. The highest BCUT2D eigenvalue weighted by molar-refractivity contribution is 5.76. The molecule has 92 valence electrons. The molecule has 2 fully saturated rings. The van der Waals surface area contributed by atoms with Crippen molar-refractivity contribution in [2.75, 3.05) is 32.7 Å². The fraction of sp³-hybridized carbons (Fsp3) is 0.923. The topological polar surface area (TPSA) is 23.6 Å². The maximum atomic E-state index is 11.6. The number of rotatable bonds is 4. The van der Waals surface area contributed by atoms with E-state index in [0.717, 1.165) is 32.4 Å². The zero-order chi connectivity index (χ0) is 11.2. The molecule has 0 spiro atoms. The summed E-state index contributed by atoms with van der Waals surface area (Å²) in [5, 5.41) is 0. The molecule has 0 aromatic heterocycles. The van der Waals surface area contributed by atoms with Gasteiger partial charge in [-0.1, -0.05) is 6.42 Å². The van der Waals surface area contributed by atoms with E-state index < -0.39 is 0 Å². The van der Waals surface area contributed by atoms with E-state index in [2.05, 4.69) is 9.80 Å². The molecule has 0 N–H and O–H groups in total. The van der Waals surface area contributed by atoms with Crippen molar-refractivity contribution in [2.45, 2.75) is 44.9 Å². The minimum absolute atomic E-state index is 0.380. The predicted octanol–water partition coefficient (Wildman–Crippen LogP) is 1.87. The van der Waals surface area contributed by atoms with Gasteiger partial charge in [-0.15, -0.1) is 0 Å². The van der Waals surface area contributed by atoms with E-state index in [1.807, 2.05) is 0 Å². The van der Waals surface area contributed by atoms with Gasteiger partial charge in [0.1, 0.15) is 0 Å². The van der Waals surface area contributed by atoms with Gasteiger partial charge in [0.2, 0.25) is 5.91 Å². The van der Waals surface area contributed by atoms with Gasteiger partial charge in [0.25, 0.3) is 0 Å². The van der Waals surface area contributed by atoms with Crippen LogP contribution in [0.3, 0.4) is 0 Å². The second kappa shape index (κ2) is 6.24. The molecule has 0 aliphatic carbocycles. The lowest BCUT2D eigenvalue weighted by Crippen LogP contribution is -2.38. The largest absolute Gasteiger partial charge is 0.343 e. The number of amides is 1. The van der Waals surface area contributed by atoms with Gasteiger partial charge in [-0.3, -0.25) is 4.79 Å². The van der Waals surface area contributed by atoms with E-state index in [0.29, 0.717) is 5.91 Å². The number of carbonyl (C=O) groups is 1. The molecule has 16 heavy (non-hydrogen) atoms. The first-order chi connectivity index (χ1) is 7.86. The summed E-state index contributed by atoms with van der Waals surface area (Å²) < 4.78 is 0. The molecule has 0 aromatic carbocycles. The van der Waals surface area contributed by atoms with Gasteiger partial charge >= 0.3 is 0 Å². The standard InChI is InChI=1S/C13H24N2O/c16-13-7-2-5-11-15(13)12-6-10-14-8-3-1-4-9-14/h1-12H2. The van der Waals surface area contributed by atoms with Crippen LogP contribution in [0.25, 0.3) is 0 Å². The summed E-state index contributed by atoms with van der Waals surface area (Å²) >= 11 is 0. The van der Waals surface area contributed by atoms with Crippen LogP contribution in [0, 0.1) is 0 Å². The molecule has 0 unspecified atom stereocenters. The van der Waals surface area contributed by atoms with E-state index >= 15 is 0 Å². The Balaban J connectivity index is 1.61. The van der Waals surface area contributed by atoms with Gasteiger partial charge in [0.05, 0.1) is 0 Å². The minimum atomic E-state index is 0.380. The summed E-state index contributed by atoms with van der Waals surface area (Å²) in [7, 11) is 0. The van der Waals surface area contributed by atoms with Crippen LogP contribution in [0.15, 0.2) is 0 Å². The Labute approximate surface area is 98.8 Å². The van der Waals surface area contributed by atoms with Crippen LogP contribution in [0.1, 0.15) is 44.9 Å². The number of hydrogen-bond acceptors (Lipinski definition) is 2. The average molecular weight is 224 g/mol. The first kappa shape index (κ1) is 11.9. The van der Waals surface area contributed by atoms with E-state index in [9.17, 15) is 4.79 Å². The Morgan fingerprint density at radius 1 is 0.875 bits per heavy atom. The summed E-state index contributed by atoms with van der Waals surface area (Å²) in [4.78, 5) is 16.2. The van der Waals surface area contributed by atoms with Crippen LogP contribution in [-0.2, 0) is 4.79 Å². The third-order valence-electron chi connectivity index (χ3n) is 3.77. The Kier molecular flexibility index (Phi) is 4.64. The molecule has 2 aliphatic rings. The molecule has 2 saturated heterocycles. The normalized spacial score (nSPS) is 23.8. The van der Waals surface area contributed by atoms with Crippen molar-refractivity contribution in [3.63, 3.8) is 0 Å². The monoisotopic (exact) mass is 224 g/mol. The fourth-order valence-corrected chi connectivity index (χ4v) is 2.77. The van der Waals surface area contributed by atoms with Crippen molar-refractivity contribution in [1.82, 2.24) is 9.80 Å². The molecule has 2 heterocycles. The first-order valence-electron chi connectivity index (χ1n) is 6.86. The molecule has 2 aliphatic heterocycles. The molecule has 0 bridgehead atoms. The van der Waals surface area contributed by atoms with Crippen molar-refractivity contribution in [3.05, 3.63) is 0 Å². The van der Waals surface area contributed by atoms with Gasteiger partial charge in [-0.25, -0.2) is 0 Å². The van der Waals surface area contributed by atoms with Gasteiger partial charge in [-0.05, 0) is 51.7 Å². The highest BCUT2D eigenvalue weighted by Crippen LogP contribution is 2.12. The number of carbonyl (C=O) groups excluding carboxylic acids is 1. The number of likely N-dealkylation sites (tertiary alicyclic amines) is 2. The molecule has 3 heteroatoms. The third-order valence-corrected chi connectivity index (χ3v) is 3.77. The molecular weight excluding hydrogens is 200 g/mol. The quantitative estimate of drug-likeness (QED) is 0.728. The van der Waals surface area contributed by atoms with E-state index in [-0.39, 0.29) is 0 Å². The van der Waals surface area contributed by atoms with Crippen LogP contribution in [-0.4, -0.2) is 48.4 Å². The molecule has 3 nitrogen and oxygen atoms in total. The third kappa shape index (κ3) is 3.48. The van der Waals surface area contributed by atoms with Gasteiger partial charge in [-0.2, -0.15) is 0 Å². The highest BCUT2D eigenvalue weighted by Gasteiger charge is 2.17. The summed E-state index contributed by atoms with van der Waals surface area (Å²) in [6.07, 6.45) is 8.37. The van der Waals surface area contributed by atoms with E-state index in [1.54, 1.807) is 0 Å². The lowest BCUT2D eigenvalue weighted by molar-refractivity contribution is -0.133. The molecular formula is C13H24N2O. The Morgan fingerprint density at radius 2 is 1.62 bits per heavy atom. The van der Waals surface area contributed by atoms with Gasteiger partial charge in [0, 0.05) is 19.5 Å². The molecule has 2 rings (SSSR count). The average Bonchev–Trinajstić information content (AvgIpc) is 2.33. The predicted molar refractivity (Wildman–Crippen MR) is 65.3 cm³/mol. The maximum absolute atomic E-state index is 11.6. The van der Waals surface area contributed by atoms with Crippen LogP contribution in [0.4, 0.5) is 0 Å². The lowest BCUT2D eigenvalue weighted by atomic mass is 10.1. The highest BCUT2D eigenvalue weighted by atomic mass is 16.2. The van der Waals surface area contributed by atoms with Crippen molar-refractivity contribution in [1.29, 1.82) is 0 Å². The second-order valence-electron chi connectivity index (χ2n) is 5.09. The van der Waals surface area contributed by atoms with Crippen LogP contribution in [0.5, 0.6) is 0 Å². The summed E-state index contributed by atoms with van der Waals surface area (Å²) in [6.45, 7) is 5.71. The molecule has 1 amide bonds. The Hall–Kier alpha value is -0.570. The lowest BCUT2D eigenvalue weighted by Gasteiger charge is -2.30. The zero-order valence-corrected chi connectivity index (χ0v) is 10.3. The first-order valence-corrected chi connectivity index (χ1v) is 6.86. The minimum Gasteiger partial charge on any atom is -0.343 e. The number of hydrogen-bond donors (Lipinski definition) is 0. The molecule has 0 radical (unpaired) electrons. The van der Waals surface area contributed by atoms with Crippen molar-refractivity contribution < 1.29 is 4.79 Å². The van der Waals surface area contributed by atoms with Crippen LogP contribution < -0.4 is 0 Å². The summed E-state index contributed by atoms with van der Waals surface area (Å²) in [5.74, 6) is 0.380. The summed E-state index contributed by atoms with van der Waals surface area (Å²) in [5.41, 5.74) is 0. The number of piperidine rings is 2. The maximum Gasteiger partial charge on any atom is 0.222 e. The molecule has 0 aromatic rings. The molecule has 0 atom stereocenters. The smallest absolute Gasteiger partial charge is 0.222 e. The number of nitrogens with zero attached hydrogens (tertiary/aromatic N) is 2. The van der Waals surface area contributed by atoms with Gasteiger partial charge < -0.3 is 9.80 Å². The summed E-state index contributed by atoms with van der Waals surface area (Å²) in [6, 6.07) is 0. The zero-order valence-electron chi connectivity index (χ0n) is 10.3. The van der Waals surface area contributed by atoms with Crippen LogP contribution >= 0.6 is 0 Å². The van der Waals surface area contributed by atoms with Gasteiger partial charge in [0.15, 0.2) is 0 Å². The van der Waals surface area contributed by atoms with Crippen molar-refractivity contribution >= 4 is 5.91 Å². The Bertz CT molecular complexity index is 224. The van der Waals surface area contributed by atoms with Crippen molar-refractivity contribution in [3.8, 4) is 0 Å². The molecule has 0 saturated carbocycles. The second-order valence-corrected chi connectivity index (χ2v) is 5.09. The van der Waals surface area contributed by atoms with Crippen molar-refractivity contribution in [2.24, 2.45) is 0 Å². The SMILES string of the molecule is O=C1CCCCN1CCCN1CCCCC1. The Morgan fingerprint density at radius 3 is 2.38 bits per heavy atom. The van der Waals surface area contributed by atoms with E-state index in [4.69, 9.17) is 0 Å². The van der Waals surface area contributed by atoms with Crippen LogP contribution in [0.2, 0.25) is 0 Å². The van der Waals surface area contributed by atoms with E-state index in [1.165, 1.54) is 45.3 Å².